The van der Waals surface area contributed by atoms with Gasteiger partial charge in [0.25, 0.3) is 0 Å². The van der Waals surface area contributed by atoms with Crippen molar-refractivity contribution in [1.29, 1.82) is 5.26 Å². The third-order valence-corrected chi connectivity index (χ3v) is 2.83. The van der Waals surface area contributed by atoms with Crippen molar-refractivity contribution in [2.24, 2.45) is 0 Å². The Kier molecular flexibility index (Phi) is 3.83. The minimum atomic E-state index is -4.74. The van der Waals surface area contributed by atoms with Crippen molar-refractivity contribution in [2.45, 2.75) is 12.4 Å². The second kappa shape index (κ2) is 5.33. The van der Waals surface area contributed by atoms with Crippen molar-refractivity contribution in [3.63, 3.8) is 0 Å². The zero-order valence-corrected chi connectivity index (χ0v) is 10.6. The fourth-order valence-corrected chi connectivity index (χ4v) is 1.79. The molecule has 1 aromatic carbocycles. The molecule has 2 rings (SSSR count). The van der Waals surface area contributed by atoms with Crippen molar-refractivity contribution in [1.82, 2.24) is 4.98 Å². The first-order chi connectivity index (χ1) is 10.1. The first-order valence-electron chi connectivity index (χ1n) is 5.78. The van der Waals surface area contributed by atoms with Crippen LogP contribution in [0.5, 0.6) is 0 Å². The SMILES string of the molecule is N#Cc1ccc(-c2ccc(C(F)(F)F)nc2)cc1C(F)(F)F. The maximum atomic E-state index is 12.8. The molecule has 0 spiro atoms. The molecule has 0 aliphatic heterocycles. The predicted octanol–water partition coefficient (Wildman–Crippen LogP) is 4.66. The minimum absolute atomic E-state index is 0.0209. The molecule has 0 N–H and O–H groups in total. The van der Waals surface area contributed by atoms with Gasteiger partial charge in [0.05, 0.1) is 17.2 Å². The van der Waals surface area contributed by atoms with Gasteiger partial charge in [-0.2, -0.15) is 31.6 Å². The van der Waals surface area contributed by atoms with Crippen LogP contribution in [0.2, 0.25) is 0 Å². The summed E-state index contributed by atoms with van der Waals surface area (Å²) in [7, 11) is 0. The maximum absolute atomic E-state index is 12.8. The van der Waals surface area contributed by atoms with Crippen molar-refractivity contribution in [3.8, 4) is 17.2 Å². The van der Waals surface area contributed by atoms with Crippen LogP contribution in [0.4, 0.5) is 26.3 Å². The molecule has 0 aliphatic carbocycles. The monoisotopic (exact) mass is 316 g/mol. The lowest BCUT2D eigenvalue weighted by molar-refractivity contribution is -0.141. The third-order valence-electron chi connectivity index (χ3n) is 2.83. The Morgan fingerprint density at radius 2 is 1.50 bits per heavy atom. The van der Waals surface area contributed by atoms with Gasteiger partial charge >= 0.3 is 12.4 Å². The molecule has 1 aromatic heterocycles. The van der Waals surface area contributed by atoms with Crippen molar-refractivity contribution in [3.05, 3.63) is 53.3 Å². The number of rotatable bonds is 1. The van der Waals surface area contributed by atoms with Gasteiger partial charge in [-0.3, -0.25) is 4.98 Å². The number of nitriles is 1. The van der Waals surface area contributed by atoms with E-state index in [0.29, 0.717) is 12.1 Å². The minimum Gasteiger partial charge on any atom is -0.251 e. The number of pyridine rings is 1. The van der Waals surface area contributed by atoms with E-state index >= 15 is 0 Å². The Morgan fingerprint density at radius 3 is 1.95 bits per heavy atom. The average molecular weight is 316 g/mol. The van der Waals surface area contributed by atoms with Gasteiger partial charge in [0.1, 0.15) is 5.69 Å². The van der Waals surface area contributed by atoms with Crippen molar-refractivity contribution in [2.75, 3.05) is 0 Å². The van der Waals surface area contributed by atoms with E-state index < -0.39 is 29.2 Å². The highest BCUT2D eigenvalue weighted by atomic mass is 19.4. The molecule has 0 fully saturated rings. The number of benzene rings is 1. The van der Waals surface area contributed by atoms with Crippen molar-refractivity contribution < 1.29 is 26.3 Å². The molecule has 0 saturated carbocycles. The molecule has 2 aromatic rings. The summed E-state index contributed by atoms with van der Waals surface area (Å²) in [4.78, 5) is 3.19. The molecule has 2 nitrogen and oxygen atoms in total. The van der Waals surface area contributed by atoms with Gasteiger partial charge < -0.3 is 0 Å². The molecular formula is C14H6F6N2. The van der Waals surface area contributed by atoms with Gasteiger partial charge in [-0.05, 0) is 23.8 Å². The van der Waals surface area contributed by atoms with Gasteiger partial charge in [-0.15, -0.1) is 0 Å². The smallest absolute Gasteiger partial charge is 0.251 e. The van der Waals surface area contributed by atoms with Crippen molar-refractivity contribution >= 4 is 0 Å². The Labute approximate surface area is 120 Å². The van der Waals surface area contributed by atoms with E-state index in [1.54, 1.807) is 0 Å². The fraction of sp³-hybridized carbons (Fsp3) is 0.143. The topological polar surface area (TPSA) is 36.7 Å². The molecular weight excluding hydrogens is 310 g/mol. The average Bonchev–Trinajstić information content (AvgIpc) is 2.45. The van der Waals surface area contributed by atoms with E-state index in [4.69, 9.17) is 5.26 Å². The highest BCUT2D eigenvalue weighted by Crippen LogP contribution is 2.35. The molecule has 22 heavy (non-hydrogen) atoms. The van der Waals surface area contributed by atoms with Crippen LogP contribution in [0.1, 0.15) is 16.8 Å². The highest BCUT2D eigenvalue weighted by molar-refractivity contribution is 5.65. The Morgan fingerprint density at radius 1 is 0.864 bits per heavy atom. The summed E-state index contributed by atoms with van der Waals surface area (Å²) in [5.41, 5.74) is -2.74. The lowest BCUT2D eigenvalue weighted by Gasteiger charge is -2.11. The number of hydrogen-bond donors (Lipinski definition) is 0. The summed E-state index contributed by atoms with van der Waals surface area (Å²) < 4.78 is 75.7. The summed E-state index contributed by atoms with van der Waals surface area (Å²) in [6.45, 7) is 0. The van der Waals surface area contributed by atoms with Gasteiger partial charge in [0, 0.05) is 11.8 Å². The summed E-state index contributed by atoms with van der Waals surface area (Å²) in [6.07, 6.45) is -8.52. The predicted molar refractivity (Wildman–Crippen MR) is 64.4 cm³/mol. The third kappa shape index (κ3) is 3.19. The van der Waals surface area contributed by atoms with Crippen LogP contribution in [0, 0.1) is 11.3 Å². The maximum Gasteiger partial charge on any atom is 0.433 e. The molecule has 0 radical (unpaired) electrons. The van der Waals surface area contributed by atoms with Gasteiger partial charge in [0.2, 0.25) is 0 Å². The summed E-state index contributed by atoms with van der Waals surface area (Å²) >= 11 is 0. The molecule has 0 saturated heterocycles. The van der Waals surface area contributed by atoms with Crippen LogP contribution < -0.4 is 0 Å². The van der Waals surface area contributed by atoms with Crippen LogP contribution in [0.3, 0.4) is 0 Å². The van der Waals surface area contributed by atoms with Crippen LogP contribution >= 0.6 is 0 Å². The molecule has 0 bridgehead atoms. The van der Waals surface area contributed by atoms with Crippen LogP contribution in [0.25, 0.3) is 11.1 Å². The van der Waals surface area contributed by atoms with E-state index in [2.05, 4.69) is 4.98 Å². The second-order valence-electron chi connectivity index (χ2n) is 4.30. The number of halogens is 6. The fourth-order valence-electron chi connectivity index (χ4n) is 1.79. The first-order valence-corrected chi connectivity index (χ1v) is 5.78. The standard InChI is InChI=1S/C14H6F6N2/c15-13(16,17)11-5-8(1-2-9(11)6-21)10-3-4-12(22-7-10)14(18,19)20/h1-5,7H. The van der Waals surface area contributed by atoms with Crippen LogP contribution in [-0.4, -0.2) is 4.98 Å². The van der Waals surface area contributed by atoms with E-state index in [-0.39, 0.29) is 11.1 Å². The molecule has 114 valence electrons. The van der Waals surface area contributed by atoms with Gasteiger partial charge in [0.15, 0.2) is 0 Å². The van der Waals surface area contributed by atoms with Gasteiger partial charge in [-0.25, -0.2) is 0 Å². The number of alkyl halides is 6. The summed E-state index contributed by atoms with van der Waals surface area (Å²) in [5, 5.41) is 8.68. The van der Waals surface area contributed by atoms with E-state index in [1.165, 1.54) is 12.1 Å². The lowest BCUT2D eigenvalue weighted by Crippen LogP contribution is -2.08. The quantitative estimate of drug-likeness (QED) is 0.718. The highest BCUT2D eigenvalue weighted by Gasteiger charge is 2.34. The zero-order chi connectivity index (χ0) is 16.5. The van der Waals surface area contributed by atoms with E-state index in [9.17, 15) is 26.3 Å². The van der Waals surface area contributed by atoms with E-state index in [1.807, 2.05) is 0 Å². The van der Waals surface area contributed by atoms with Crippen LogP contribution in [-0.2, 0) is 12.4 Å². The normalized spacial score (nSPS) is 12.0. The van der Waals surface area contributed by atoms with Crippen LogP contribution in [0.15, 0.2) is 36.5 Å². The molecule has 0 unspecified atom stereocenters. The Balaban J connectivity index is 2.48. The molecule has 8 heteroatoms. The Hall–Kier alpha value is -2.56. The summed E-state index contributed by atoms with van der Waals surface area (Å²) in [5.74, 6) is 0. The molecule has 0 atom stereocenters. The molecule has 0 amide bonds. The van der Waals surface area contributed by atoms with Gasteiger partial charge in [-0.1, -0.05) is 12.1 Å². The largest absolute Gasteiger partial charge is 0.433 e. The molecule has 1 heterocycles. The Bertz CT molecular complexity index is 723. The number of hydrogen-bond acceptors (Lipinski definition) is 2. The number of aromatic nitrogens is 1. The number of nitrogens with zero attached hydrogens (tertiary/aromatic N) is 2. The second-order valence-corrected chi connectivity index (χ2v) is 4.30. The lowest BCUT2D eigenvalue weighted by atomic mass is 10.00. The molecule has 0 aliphatic rings. The summed E-state index contributed by atoms with van der Waals surface area (Å²) in [6, 6.07) is 6.03. The van der Waals surface area contributed by atoms with E-state index in [0.717, 1.165) is 18.3 Å². The zero-order valence-electron chi connectivity index (χ0n) is 10.6. The first kappa shape index (κ1) is 15.8.